The first kappa shape index (κ1) is 15.7. The van der Waals surface area contributed by atoms with Crippen molar-refractivity contribution < 1.29 is 14.3 Å². The van der Waals surface area contributed by atoms with Crippen LogP contribution in [0, 0.1) is 10.8 Å². The quantitative estimate of drug-likeness (QED) is 0.671. The average Bonchev–Trinajstić information content (AvgIpc) is 2.98. The third-order valence-corrected chi connectivity index (χ3v) is 4.79. The Balaban J connectivity index is 1.90. The molecule has 2 aliphatic rings. The highest BCUT2D eigenvalue weighted by Gasteiger charge is 2.43. The number of hydrogen-bond acceptors (Lipinski definition) is 6. The van der Waals surface area contributed by atoms with Gasteiger partial charge in [0.2, 0.25) is 0 Å². The lowest BCUT2D eigenvalue weighted by atomic mass is 9.85. The summed E-state index contributed by atoms with van der Waals surface area (Å²) in [7, 11) is 3.01. The van der Waals surface area contributed by atoms with Gasteiger partial charge in [-0.15, -0.1) is 4.91 Å². The summed E-state index contributed by atoms with van der Waals surface area (Å²) in [5, 5.41) is 8.07. The normalized spacial score (nSPS) is 26.5. The van der Waals surface area contributed by atoms with Crippen LogP contribution < -0.4 is 15.1 Å². The van der Waals surface area contributed by atoms with E-state index in [1.807, 2.05) is 18.2 Å². The number of fused-ring (bicyclic) bond motifs is 1. The van der Waals surface area contributed by atoms with Gasteiger partial charge in [-0.05, 0) is 49.6 Å². The van der Waals surface area contributed by atoms with E-state index in [4.69, 9.17) is 9.47 Å². The molecule has 1 aromatic carbocycles. The molecule has 0 bridgehead atoms. The minimum absolute atomic E-state index is 0.160. The van der Waals surface area contributed by atoms with Crippen LogP contribution in [0.4, 0.5) is 5.69 Å². The van der Waals surface area contributed by atoms with Gasteiger partial charge in [0.25, 0.3) is 0 Å². The van der Waals surface area contributed by atoms with Crippen LogP contribution in [0.2, 0.25) is 0 Å². The zero-order valence-electron chi connectivity index (χ0n) is 13.3. The number of nitroso groups, excluding NO2 is 1. The van der Waals surface area contributed by atoms with Gasteiger partial charge in [0.05, 0.1) is 37.2 Å². The highest BCUT2D eigenvalue weighted by Crippen LogP contribution is 2.38. The summed E-state index contributed by atoms with van der Waals surface area (Å²) < 4.78 is 10.2. The Bertz CT molecular complexity index is 607. The summed E-state index contributed by atoms with van der Waals surface area (Å²) in [5.41, 5.74) is 1.78. The molecular weight excluding hydrogens is 298 g/mol. The monoisotopic (exact) mass is 319 g/mol. The molecule has 0 radical (unpaired) electrons. The molecule has 0 aliphatic carbocycles. The standard InChI is InChI=1S/C16H21N3O4/c1-22-11-5-6-13-10(8-11)9-14(19(13)18-21)15-12(16(20)23-2)4-3-7-17-15/h5-6,8,12,14-15,17H,3-4,7,9H2,1-2H3. The van der Waals surface area contributed by atoms with E-state index < -0.39 is 0 Å². The number of rotatable bonds is 4. The van der Waals surface area contributed by atoms with Crippen LogP contribution in [0.25, 0.3) is 0 Å². The summed E-state index contributed by atoms with van der Waals surface area (Å²) in [6, 6.07) is 5.21. The molecule has 0 aromatic heterocycles. The highest BCUT2D eigenvalue weighted by molar-refractivity contribution is 5.74. The lowest BCUT2D eigenvalue weighted by Gasteiger charge is -2.36. The molecule has 1 fully saturated rings. The van der Waals surface area contributed by atoms with Gasteiger partial charge < -0.3 is 14.8 Å². The number of piperidine rings is 1. The van der Waals surface area contributed by atoms with E-state index in [2.05, 4.69) is 10.6 Å². The van der Waals surface area contributed by atoms with Gasteiger partial charge in [-0.1, -0.05) is 0 Å². The Hall–Kier alpha value is -2.15. The van der Waals surface area contributed by atoms with Crippen LogP contribution in [-0.2, 0) is 16.0 Å². The molecule has 7 heteroatoms. The zero-order valence-corrected chi connectivity index (χ0v) is 13.3. The molecule has 23 heavy (non-hydrogen) atoms. The Labute approximate surface area is 134 Å². The number of carbonyl (C=O) groups is 1. The van der Waals surface area contributed by atoms with E-state index in [0.717, 1.165) is 36.4 Å². The topological polar surface area (TPSA) is 80.2 Å². The van der Waals surface area contributed by atoms with Crippen LogP contribution in [-0.4, -0.2) is 38.8 Å². The first-order chi connectivity index (χ1) is 11.2. The number of anilines is 1. The Kier molecular flexibility index (Phi) is 4.47. The average molecular weight is 319 g/mol. The smallest absolute Gasteiger partial charge is 0.310 e. The van der Waals surface area contributed by atoms with Crippen molar-refractivity contribution in [2.75, 3.05) is 25.8 Å². The number of benzene rings is 1. The third-order valence-electron chi connectivity index (χ3n) is 4.79. The van der Waals surface area contributed by atoms with Crippen molar-refractivity contribution >= 4 is 11.7 Å². The fourth-order valence-electron chi connectivity index (χ4n) is 3.68. The molecule has 124 valence electrons. The maximum atomic E-state index is 12.1. The van der Waals surface area contributed by atoms with Crippen molar-refractivity contribution in [1.29, 1.82) is 0 Å². The maximum absolute atomic E-state index is 12.1. The second kappa shape index (κ2) is 6.54. The van der Waals surface area contributed by atoms with E-state index >= 15 is 0 Å². The minimum atomic E-state index is -0.265. The second-order valence-electron chi connectivity index (χ2n) is 5.94. The number of nitrogens with one attached hydrogen (secondary N) is 1. The van der Waals surface area contributed by atoms with Crippen LogP contribution in [0.3, 0.4) is 0 Å². The van der Waals surface area contributed by atoms with E-state index in [0.29, 0.717) is 6.42 Å². The lowest BCUT2D eigenvalue weighted by molar-refractivity contribution is -0.147. The summed E-state index contributed by atoms with van der Waals surface area (Å²) in [4.78, 5) is 23.5. The van der Waals surface area contributed by atoms with Gasteiger partial charge in [0.1, 0.15) is 5.75 Å². The predicted molar refractivity (Wildman–Crippen MR) is 85.3 cm³/mol. The van der Waals surface area contributed by atoms with E-state index in [1.54, 1.807) is 7.11 Å². The van der Waals surface area contributed by atoms with Crippen LogP contribution in [0.15, 0.2) is 23.5 Å². The van der Waals surface area contributed by atoms with E-state index in [1.165, 1.54) is 12.1 Å². The molecule has 3 rings (SSSR count). The van der Waals surface area contributed by atoms with Gasteiger partial charge in [0, 0.05) is 6.04 Å². The molecule has 0 amide bonds. The molecule has 0 spiro atoms. The van der Waals surface area contributed by atoms with Gasteiger partial charge in [0.15, 0.2) is 0 Å². The third kappa shape index (κ3) is 2.76. The number of hydrogen-bond donors (Lipinski definition) is 1. The summed E-state index contributed by atoms with van der Waals surface area (Å²) in [6.45, 7) is 0.820. The van der Waals surface area contributed by atoms with Crippen molar-refractivity contribution in [2.45, 2.75) is 31.3 Å². The van der Waals surface area contributed by atoms with E-state index in [-0.39, 0.29) is 24.0 Å². The van der Waals surface area contributed by atoms with Gasteiger partial charge in [-0.25, -0.2) is 5.01 Å². The van der Waals surface area contributed by atoms with E-state index in [9.17, 15) is 9.70 Å². The number of methoxy groups -OCH3 is 2. The minimum Gasteiger partial charge on any atom is -0.497 e. The fourth-order valence-corrected chi connectivity index (χ4v) is 3.68. The molecule has 3 atom stereocenters. The van der Waals surface area contributed by atoms with Crippen molar-refractivity contribution in [3.05, 3.63) is 28.7 Å². The Morgan fingerprint density at radius 1 is 1.39 bits per heavy atom. The molecule has 7 nitrogen and oxygen atoms in total. The van der Waals surface area contributed by atoms with Crippen molar-refractivity contribution in [1.82, 2.24) is 5.32 Å². The predicted octanol–water partition coefficient (Wildman–Crippen LogP) is 1.65. The maximum Gasteiger partial charge on any atom is 0.310 e. The van der Waals surface area contributed by atoms with Crippen molar-refractivity contribution in [2.24, 2.45) is 11.2 Å². The summed E-state index contributed by atoms with van der Waals surface area (Å²) >= 11 is 0. The lowest BCUT2D eigenvalue weighted by Crippen LogP contribution is -2.56. The SMILES string of the molecule is COC(=O)C1CCCNC1C1Cc2cc(OC)ccc2N1N=O. The fraction of sp³-hybridized carbons (Fsp3) is 0.562. The van der Waals surface area contributed by atoms with Gasteiger partial charge in [-0.3, -0.25) is 4.79 Å². The summed E-state index contributed by atoms with van der Waals surface area (Å²) in [5.74, 6) is 0.247. The number of carbonyl (C=O) groups excluding carboxylic acids is 1. The Morgan fingerprint density at radius 3 is 2.91 bits per heavy atom. The molecule has 2 heterocycles. The van der Waals surface area contributed by atoms with Crippen molar-refractivity contribution in [3.8, 4) is 5.75 Å². The van der Waals surface area contributed by atoms with Crippen LogP contribution >= 0.6 is 0 Å². The Morgan fingerprint density at radius 2 is 2.22 bits per heavy atom. The largest absolute Gasteiger partial charge is 0.497 e. The molecule has 2 aliphatic heterocycles. The molecule has 3 unspecified atom stereocenters. The zero-order chi connectivity index (χ0) is 16.4. The molecule has 1 N–H and O–H groups in total. The van der Waals surface area contributed by atoms with Gasteiger partial charge in [-0.2, -0.15) is 0 Å². The highest BCUT2D eigenvalue weighted by atomic mass is 16.5. The number of ether oxygens (including phenoxy) is 2. The van der Waals surface area contributed by atoms with Gasteiger partial charge >= 0.3 is 5.97 Å². The van der Waals surface area contributed by atoms with Crippen LogP contribution in [0.1, 0.15) is 18.4 Å². The molecule has 0 saturated carbocycles. The summed E-state index contributed by atoms with van der Waals surface area (Å²) in [6.07, 6.45) is 2.31. The molecule has 1 saturated heterocycles. The second-order valence-corrected chi connectivity index (χ2v) is 5.94. The molecule has 1 aromatic rings. The van der Waals surface area contributed by atoms with Crippen molar-refractivity contribution in [3.63, 3.8) is 0 Å². The molecular formula is C16H21N3O4. The first-order valence-electron chi connectivity index (χ1n) is 7.80. The number of esters is 1. The van der Waals surface area contributed by atoms with Crippen LogP contribution in [0.5, 0.6) is 5.75 Å². The first-order valence-corrected chi connectivity index (χ1v) is 7.80. The number of nitrogens with zero attached hydrogens (tertiary/aromatic N) is 2.